The van der Waals surface area contributed by atoms with E-state index in [1.165, 1.54) is 0 Å². The van der Waals surface area contributed by atoms with E-state index < -0.39 is 0 Å². The van der Waals surface area contributed by atoms with E-state index >= 15 is 0 Å². The summed E-state index contributed by atoms with van der Waals surface area (Å²) in [6.45, 7) is 0.514. The van der Waals surface area contributed by atoms with Gasteiger partial charge in [0, 0.05) is 36.8 Å². The van der Waals surface area contributed by atoms with Crippen molar-refractivity contribution in [1.29, 1.82) is 0 Å². The third-order valence-electron chi connectivity index (χ3n) is 3.97. The second-order valence-electron chi connectivity index (χ2n) is 5.76. The number of benzene rings is 1. The van der Waals surface area contributed by atoms with Crippen LogP contribution in [0.2, 0.25) is 0 Å². The molecule has 1 aromatic carbocycles. The number of rotatable bonds is 4. The van der Waals surface area contributed by atoms with E-state index in [2.05, 4.69) is 20.7 Å². The monoisotopic (exact) mass is 351 g/mol. The minimum atomic E-state index is -0.319. The van der Waals surface area contributed by atoms with Crippen LogP contribution in [0.15, 0.2) is 48.8 Å². The molecule has 1 aliphatic rings. The van der Waals surface area contributed by atoms with Crippen molar-refractivity contribution in [2.75, 3.05) is 12.1 Å². The van der Waals surface area contributed by atoms with Crippen LogP contribution in [-0.4, -0.2) is 27.6 Å². The van der Waals surface area contributed by atoms with Crippen LogP contribution < -0.4 is 20.1 Å². The SMILES string of the molecule is Cn1nc(CNC(=O)Nc2ccc3c(c2)OCO3)cc1-c1ccncc1. The number of fused-ring (bicyclic) bond motifs is 1. The molecule has 0 spiro atoms. The first-order valence-corrected chi connectivity index (χ1v) is 8.07. The van der Waals surface area contributed by atoms with Gasteiger partial charge in [-0.05, 0) is 30.3 Å². The zero-order valence-electron chi connectivity index (χ0n) is 14.1. The first-order valence-electron chi connectivity index (χ1n) is 8.07. The van der Waals surface area contributed by atoms with Crippen molar-refractivity contribution in [3.05, 3.63) is 54.5 Å². The summed E-state index contributed by atoms with van der Waals surface area (Å²) in [4.78, 5) is 16.1. The molecule has 0 unspecified atom stereocenters. The fourth-order valence-electron chi connectivity index (χ4n) is 2.73. The number of hydrogen-bond acceptors (Lipinski definition) is 5. The zero-order valence-corrected chi connectivity index (χ0v) is 14.1. The quantitative estimate of drug-likeness (QED) is 0.754. The minimum absolute atomic E-state index is 0.199. The molecule has 4 rings (SSSR count). The summed E-state index contributed by atoms with van der Waals surface area (Å²) in [6, 6.07) is 10.7. The van der Waals surface area contributed by atoms with E-state index in [9.17, 15) is 4.79 Å². The molecular weight excluding hydrogens is 334 g/mol. The second-order valence-corrected chi connectivity index (χ2v) is 5.76. The van der Waals surface area contributed by atoms with Gasteiger partial charge in [0.25, 0.3) is 0 Å². The Bertz CT molecular complexity index is 939. The molecule has 26 heavy (non-hydrogen) atoms. The molecule has 0 saturated heterocycles. The van der Waals surface area contributed by atoms with Gasteiger partial charge in [-0.25, -0.2) is 4.79 Å². The molecule has 2 N–H and O–H groups in total. The van der Waals surface area contributed by atoms with E-state index in [4.69, 9.17) is 9.47 Å². The van der Waals surface area contributed by atoms with Gasteiger partial charge in [-0.1, -0.05) is 0 Å². The van der Waals surface area contributed by atoms with E-state index in [1.807, 2.05) is 25.2 Å². The predicted octanol–water partition coefficient (Wildman–Crippen LogP) is 2.53. The highest BCUT2D eigenvalue weighted by atomic mass is 16.7. The first-order chi connectivity index (χ1) is 12.7. The Kier molecular flexibility index (Phi) is 4.14. The summed E-state index contributed by atoms with van der Waals surface area (Å²) >= 11 is 0. The number of aryl methyl sites for hydroxylation is 1. The highest BCUT2D eigenvalue weighted by molar-refractivity contribution is 5.89. The van der Waals surface area contributed by atoms with Gasteiger partial charge in [-0.2, -0.15) is 5.10 Å². The highest BCUT2D eigenvalue weighted by Gasteiger charge is 2.14. The molecule has 2 amide bonds. The van der Waals surface area contributed by atoms with Crippen LogP contribution in [-0.2, 0) is 13.6 Å². The standard InChI is InChI=1S/C18H17N5O3/c1-23-15(12-4-6-19-7-5-12)8-14(22-23)10-20-18(24)21-13-2-3-16-17(9-13)26-11-25-16/h2-9H,10-11H2,1H3,(H2,20,21,24). The maximum atomic E-state index is 12.1. The van der Waals surface area contributed by atoms with E-state index in [0.717, 1.165) is 17.0 Å². The summed E-state index contributed by atoms with van der Waals surface area (Å²) in [5.74, 6) is 1.29. The Labute approximate surface area is 149 Å². The van der Waals surface area contributed by atoms with Crippen LogP contribution in [0.25, 0.3) is 11.3 Å². The van der Waals surface area contributed by atoms with Gasteiger partial charge in [-0.15, -0.1) is 0 Å². The normalized spacial score (nSPS) is 12.0. The van der Waals surface area contributed by atoms with E-state index in [0.29, 0.717) is 23.7 Å². The van der Waals surface area contributed by atoms with Gasteiger partial charge in [0.2, 0.25) is 6.79 Å². The number of hydrogen-bond donors (Lipinski definition) is 2. The van der Waals surface area contributed by atoms with Crippen molar-refractivity contribution in [3.63, 3.8) is 0 Å². The van der Waals surface area contributed by atoms with Gasteiger partial charge in [0.05, 0.1) is 17.9 Å². The third kappa shape index (κ3) is 3.30. The minimum Gasteiger partial charge on any atom is -0.454 e. The number of amides is 2. The maximum absolute atomic E-state index is 12.1. The fourth-order valence-corrected chi connectivity index (χ4v) is 2.73. The molecular formula is C18H17N5O3. The summed E-state index contributed by atoms with van der Waals surface area (Å²) < 4.78 is 12.3. The molecule has 8 nitrogen and oxygen atoms in total. The van der Waals surface area contributed by atoms with Crippen LogP contribution >= 0.6 is 0 Å². The molecule has 0 aliphatic carbocycles. The van der Waals surface area contributed by atoms with Crippen molar-refractivity contribution in [1.82, 2.24) is 20.1 Å². The summed E-state index contributed by atoms with van der Waals surface area (Å²) in [5, 5.41) is 9.99. The van der Waals surface area contributed by atoms with Crippen molar-refractivity contribution < 1.29 is 14.3 Å². The Morgan fingerprint density at radius 2 is 1.96 bits per heavy atom. The smallest absolute Gasteiger partial charge is 0.319 e. The van der Waals surface area contributed by atoms with Gasteiger partial charge in [-0.3, -0.25) is 9.67 Å². The number of anilines is 1. The van der Waals surface area contributed by atoms with Crippen LogP contribution in [0.4, 0.5) is 10.5 Å². The molecule has 0 radical (unpaired) electrons. The number of carbonyl (C=O) groups is 1. The molecule has 8 heteroatoms. The number of carbonyl (C=O) groups excluding carboxylic acids is 1. The number of aromatic nitrogens is 3. The van der Waals surface area contributed by atoms with Crippen molar-refractivity contribution in [2.45, 2.75) is 6.54 Å². The van der Waals surface area contributed by atoms with Crippen LogP contribution in [0.3, 0.4) is 0 Å². The maximum Gasteiger partial charge on any atom is 0.319 e. The molecule has 3 aromatic rings. The Morgan fingerprint density at radius 3 is 2.81 bits per heavy atom. The first kappa shape index (κ1) is 15.9. The van der Waals surface area contributed by atoms with Crippen LogP contribution in [0, 0.1) is 0 Å². The van der Waals surface area contributed by atoms with Crippen molar-refractivity contribution >= 4 is 11.7 Å². The molecule has 2 aromatic heterocycles. The zero-order chi connectivity index (χ0) is 17.9. The number of nitrogens with zero attached hydrogens (tertiary/aromatic N) is 3. The lowest BCUT2D eigenvalue weighted by molar-refractivity contribution is 0.174. The summed E-state index contributed by atoms with van der Waals surface area (Å²) in [5.41, 5.74) is 3.37. The lowest BCUT2D eigenvalue weighted by Gasteiger charge is -2.07. The predicted molar refractivity (Wildman–Crippen MR) is 94.9 cm³/mol. The molecule has 0 saturated carbocycles. The van der Waals surface area contributed by atoms with E-state index in [-0.39, 0.29) is 12.8 Å². The van der Waals surface area contributed by atoms with Gasteiger partial charge < -0.3 is 20.1 Å². The number of nitrogens with one attached hydrogen (secondary N) is 2. The number of urea groups is 1. The second kappa shape index (κ2) is 6.75. The largest absolute Gasteiger partial charge is 0.454 e. The average molecular weight is 351 g/mol. The van der Waals surface area contributed by atoms with Crippen LogP contribution in [0.1, 0.15) is 5.69 Å². The van der Waals surface area contributed by atoms with Crippen molar-refractivity contribution in [2.24, 2.45) is 7.05 Å². The van der Waals surface area contributed by atoms with Gasteiger partial charge in [0.1, 0.15) is 0 Å². The lowest BCUT2D eigenvalue weighted by Crippen LogP contribution is -2.28. The lowest BCUT2D eigenvalue weighted by atomic mass is 10.2. The average Bonchev–Trinajstić information content (AvgIpc) is 3.26. The Morgan fingerprint density at radius 1 is 1.15 bits per heavy atom. The number of ether oxygens (including phenoxy) is 2. The van der Waals surface area contributed by atoms with Crippen molar-refractivity contribution in [3.8, 4) is 22.8 Å². The third-order valence-corrected chi connectivity index (χ3v) is 3.97. The number of pyridine rings is 1. The highest BCUT2D eigenvalue weighted by Crippen LogP contribution is 2.34. The molecule has 0 bridgehead atoms. The molecule has 3 heterocycles. The van der Waals surface area contributed by atoms with Crippen LogP contribution in [0.5, 0.6) is 11.5 Å². The molecule has 132 valence electrons. The van der Waals surface area contributed by atoms with Gasteiger partial charge in [0.15, 0.2) is 11.5 Å². The topological polar surface area (TPSA) is 90.3 Å². The molecule has 0 fully saturated rings. The fraction of sp³-hybridized carbons (Fsp3) is 0.167. The Balaban J connectivity index is 1.37. The summed E-state index contributed by atoms with van der Waals surface area (Å²) in [7, 11) is 1.87. The summed E-state index contributed by atoms with van der Waals surface area (Å²) in [6.07, 6.45) is 3.47. The molecule has 0 atom stereocenters. The Hall–Kier alpha value is -3.55. The molecule has 1 aliphatic heterocycles. The van der Waals surface area contributed by atoms with Gasteiger partial charge >= 0.3 is 6.03 Å². The van der Waals surface area contributed by atoms with E-state index in [1.54, 1.807) is 35.3 Å².